The molecule has 3 aromatic rings. The summed E-state index contributed by atoms with van der Waals surface area (Å²) in [5.41, 5.74) is 2.39. The minimum Gasteiger partial charge on any atom is -0.454 e. The Labute approximate surface area is 151 Å². The van der Waals surface area contributed by atoms with Crippen LogP contribution in [0.2, 0.25) is 0 Å². The van der Waals surface area contributed by atoms with Gasteiger partial charge in [-0.05, 0) is 38.1 Å². The van der Waals surface area contributed by atoms with Gasteiger partial charge >= 0.3 is 0 Å². The summed E-state index contributed by atoms with van der Waals surface area (Å²) in [7, 11) is 0. The number of nitrogens with zero attached hydrogens (tertiary/aromatic N) is 3. The Morgan fingerprint density at radius 2 is 1.85 bits per heavy atom. The molecule has 132 valence electrons. The zero-order valence-electron chi connectivity index (χ0n) is 14.6. The van der Waals surface area contributed by atoms with Gasteiger partial charge < -0.3 is 20.1 Å². The molecule has 0 aliphatic carbocycles. The van der Waals surface area contributed by atoms with E-state index in [2.05, 4.69) is 25.6 Å². The molecule has 1 aliphatic heterocycles. The second kappa shape index (κ2) is 6.87. The zero-order valence-corrected chi connectivity index (χ0v) is 14.6. The summed E-state index contributed by atoms with van der Waals surface area (Å²) in [4.78, 5) is 13.5. The molecule has 3 heterocycles. The van der Waals surface area contributed by atoms with E-state index >= 15 is 0 Å². The van der Waals surface area contributed by atoms with Crippen LogP contribution < -0.4 is 20.1 Å². The van der Waals surface area contributed by atoms with Crippen molar-refractivity contribution in [1.82, 2.24) is 15.0 Å². The molecule has 0 radical (unpaired) electrons. The summed E-state index contributed by atoms with van der Waals surface area (Å²) < 4.78 is 10.8. The van der Waals surface area contributed by atoms with Crippen LogP contribution in [-0.4, -0.2) is 27.8 Å². The van der Waals surface area contributed by atoms with Crippen LogP contribution in [0.15, 0.2) is 48.7 Å². The Morgan fingerprint density at radius 1 is 0.962 bits per heavy atom. The highest BCUT2D eigenvalue weighted by atomic mass is 16.7. The van der Waals surface area contributed by atoms with Gasteiger partial charge in [-0.15, -0.1) is 0 Å². The van der Waals surface area contributed by atoms with Gasteiger partial charge in [0, 0.05) is 30.1 Å². The Morgan fingerprint density at radius 3 is 2.65 bits per heavy atom. The molecular weight excluding hydrogens is 330 g/mol. The molecular formula is C19H19N5O2. The number of pyridine rings is 1. The van der Waals surface area contributed by atoms with Gasteiger partial charge in [-0.2, -0.15) is 4.98 Å². The molecule has 0 saturated carbocycles. The molecule has 0 fully saturated rings. The highest BCUT2D eigenvalue weighted by molar-refractivity contribution is 5.67. The first kappa shape index (κ1) is 16.1. The van der Waals surface area contributed by atoms with E-state index in [0.29, 0.717) is 11.8 Å². The fraction of sp³-hybridized carbons (Fsp3) is 0.211. The van der Waals surface area contributed by atoms with E-state index in [-0.39, 0.29) is 12.8 Å². The third-order valence-corrected chi connectivity index (χ3v) is 3.72. The molecule has 2 aromatic heterocycles. The molecule has 4 rings (SSSR count). The number of hydrogen-bond acceptors (Lipinski definition) is 7. The lowest BCUT2D eigenvalue weighted by atomic mass is 10.2. The SMILES string of the molecule is CC(C)Nc1nc(Nc2ccc3c(c2)OCO3)cc(-c2ccccn2)n1. The van der Waals surface area contributed by atoms with Crippen LogP contribution in [0.1, 0.15) is 13.8 Å². The van der Waals surface area contributed by atoms with Gasteiger partial charge in [0.15, 0.2) is 11.5 Å². The Bertz CT molecular complexity index is 915. The Balaban J connectivity index is 1.68. The molecule has 2 N–H and O–H groups in total. The Hall–Kier alpha value is -3.35. The molecule has 7 heteroatoms. The van der Waals surface area contributed by atoms with Crippen LogP contribution >= 0.6 is 0 Å². The predicted octanol–water partition coefficient (Wildman–Crippen LogP) is 3.83. The van der Waals surface area contributed by atoms with E-state index < -0.39 is 0 Å². The van der Waals surface area contributed by atoms with E-state index in [1.807, 2.05) is 56.3 Å². The second-order valence-electron chi connectivity index (χ2n) is 6.17. The number of hydrogen-bond donors (Lipinski definition) is 2. The number of rotatable bonds is 5. The van der Waals surface area contributed by atoms with Gasteiger partial charge in [0.05, 0.1) is 11.4 Å². The Kier molecular flexibility index (Phi) is 4.27. The summed E-state index contributed by atoms with van der Waals surface area (Å²) >= 11 is 0. The smallest absolute Gasteiger partial charge is 0.231 e. The summed E-state index contributed by atoms with van der Waals surface area (Å²) in [6.45, 7) is 4.34. The van der Waals surface area contributed by atoms with Crippen LogP contribution in [0.3, 0.4) is 0 Å². The first-order valence-electron chi connectivity index (χ1n) is 8.41. The first-order chi connectivity index (χ1) is 12.7. The molecule has 0 amide bonds. The quantitative estimate of drug-likeness (QED) is 0.724. The molecule has 7 nitrogen and oxygen atoms in total. The molecule has 0 atom stereocenters. The molecule has 0 spiro atoms. The van der Waals surface area contributed by atoms with Crippen LogP contribution in [0.4, 0.5) is 17.5 Å². The normalized spacial score (nSPS) is 12.3. The van der Waals surface area contributed by atoms with Crippen LogP contribution in [0.25, 0.3) is 11.4 Å². The predicted molar refractivity (Wildman–Crippen MR) is 99.9 cm³/mol. The van der Waals surface area contributed by atoms with Crippen molar-refractivity contribution in [2.24, 2.45) is 0 Å². The maximum atomic E-state index is 5.43. The van der Waals surface area contributed by atoms with Crippen molar-refractivity contribution in [1.29, 1.82) is 0 Å². The molecule has 26 heavy (non-hydrogen) atoms. The molecule has 0 unspecified atom stereocenters. The molecule has 1 aliphatic rings. The molecule has 0 saturated heterocycles. The van der Waals surface area contributed by atoms with Gasteiger partial charge in [0.2, 0.25) is 12.7 Å². The highest BCUT2D eigenvalue weighted by Gasteiger charge is 2.14. The van der Waals surface area contributed by atoms with E-state index in [1.54, 1.807) is 6.20 Å². The van der Waals surface area contributed by atoms with E-state index in [4.69, 9.17) is 9.47 Å². The van der Waals surface area contributed by atoms with Crippen LogP contribution in [0, 0.1) is 0 Å². The fourth-order valence-corrected chi connectivity index (χ4v) is 2.60. The van der Waals surface area contributed by atoms with Crippen molar-refractivity contribution in [3.63, 3.8) is 0 Å². The lowest BCUT2D eigenvalue weighted by Gasteiger charge is -2.13. The third kappa shape index (κ3) is 3.51. The van der Waals surface area contributed by atoms with Crippen molar-refractivity contribution < 1.29 is 9.47 Å². The summed E-state index contributed by atoms with van der Waals surface area (Å²) in [5.74, 6) is 2.68. The zero-order chi connectivity index (χ0) is 17.9. The van der Waals surface area contributed by atoms with Gasteiger partial charge in [-0.3, -0.25) is 4.98 Å². The maximum Gasteiger partial charge on any atom is 0.231 e. The van der Waals surface area contributed by atoms with Gasteiger partial charge in [0.25, 0.3) is 0 Å². The number of nitrogens with one attached hydrogen (secondary N) is 2. The van der Waals surface area contributed by atoms with E-state index in [1.165, 1.54) is 0 Å². The van der Waals surface area contributed by atoms with Gasteiger partial charge in [0.1, 0.15) is 5.82 Å². The van der Waals surface area contributed by atoms with E-state index in [9.17, 15) is 0 Å². The minimum atomic E-state index is 0.215. The van der Waals surface area contributed by atoms with Crippen molar-refractivity contribution in [3.05, 3.63) is 48.7 Å². The number of aromatic nitrogens is 3. The van der Waals surface area contributed by atoms with Crippen molar-refractivity contribution in [3.8, 4) is 22.9 Å². The second-order valence-corrected chi connectivity index (χ2v) is 6.17. The fourth-order valence-electron chi connectivity index (χ4n) is 2.60. The highest BCUT2D eigenvalue weighted by Crippen LogP contribution is 2.35. The number of anilines is 3. The number of benzene rings is 1. The summed E-state index contributed by atoms with van der Waals surface area (Å²) in [6.07, 6.45) is 1.75. The summed E-state index contributed by atoms with van der Waals surface area (Å²) in [5, 5.41) is 6.55. The van der Waals surface area contributed by atoms with Crippen molar-refractivity contribution in [2.75, 3.05) is 17.4 Å². The van der Waals surface area contributed by atoms with Crippen LogP contribution in [-0.2, 0) is 0 Å². The molecule has 1 aromatic carbocycles. The lowest BCUT2D eigenvalue weighted by molar-refractivity contribution is 0.174. The standard InChI is InChI=1S/C19H19N5O2/c1-12(2)21-19-23-15(14-5-3-4-8-20-14)10-18(24-19)22-13-6-7-16-17(9-13)26-11-25-16/h3-10,12H,11H2,1-2H3,(H2,21,22,23,24). The topological polar surface area (TPSA) is 81.2 Å². The van der Waals surface area contributed by atoms with Crippen LogP contribution in [0.5, 0.6) is 11.5 Å². The third-order valence-electron chi connectivity index (χ3n) is 3.72. The van der Waals surface area contributed by atoms with Crippen molar-refractivity contribution >= 4 is 17.5 Å². The molecule has 0 bridgehead atoms. The van der Waals surface area contributed by atoms with Crippen molar-refractivity contribution in [2.45, 2.75) is 19.9 Å². The number of ether oxygens (including phenoxy) is 2. The summed E-state index contributed by atoms with van der Waals surface area (Å²) in [6, 6.07) is 13.5. The monoisotopic (exact) mass is 349 g/mol. The average molecular weight is 349 g/mol. The first-order valence-corrected chi connectivity index (χ1v) is 8.41. The number of fused-ring (bicyclic) bond motifs is 1. The van der Waals surface area contributed by atoms with Gasteiger partial charge in [-0.1, -0.05) is 6.07 Å². The van der Waals surface area contributed by atoms with E-state index in [0.717, 1.165) is 28.6 Å². The lowest BCUT2D eigenvalue weighted by Crippen LogP contribution is -2.13. The van der Waals surface area contributed by atoms with Gasteiger partial charge in [-0.25, -0.2) is 4.98 Å². The maximum absolute atomic E-state index is 5.43. The minimum absolute atomic E-state index is 0.215. The largest absolute Gasteiger partial charge is 0.454 e. The average Bonchev–Trinajstić information content (AvgIpc) is 3.09.